The smallest absolute Gasteiger partial charge is 0.00966 e. The minimum Gasteiger partial charge on any atom is -0.312 e. The van der Waals surface area contributed by atoms with Crippen molar-refractivity contribution in [1.29, 1.82) is 0 Å². The Kier molecular flexibility index (Phi) is 3.66. The van der Waals surface area contributed by atoms with E-state index in [-0.39, 0.29) is 5.54 Å². The summed E-state index contributed by atoms with van der Waals surface area (Å²) < 4.78 is 0. The highest BCUT2D eigenvalue weighted by molar-refractivity contribution is 5.27. The third kappa shape index (κ3) is 2.79. The Morgan fingerprint density at radius 3 is 2.60 bits per heavy atom. The summed E-state index contributed by atoms with van der Waals surface area (Å²) in [4.78, 5) is 0. The van der Waals surface area contributed by atoms with E-state index >= 15 is 0 Å². The molecule has 0 aromatic heterocycles. The van der Waals surface area contributed by atoms with E-state index < -0.39 is 0 Å². The van der Waals surface area contributed by atoms with Crippen LogP contribution >= 0.6 is 0 Å². The van der Waals surface area contributed by atoms with Gasteiger partial charge in [0.15, 0.2) is 0 Å². The summed E-state index contributed by atoms with van der Waals surface area (Å²) in [5, 5.41) is 3.73. The fourth-order valence-electron chi connectivity index (χ4n) is 4.29. The van der Waals surface area contributed by atoms with E-state index in [9.17, 15) is 0 Å². The fourth-order valence-corrected chi connectivity index (χ4v) is 4.29. The van der Waals surface area contributed by atoms with Crippen molar-refractivity contribution in [3.05, 3.63) is 35.9 Å². The molecule has 0 saturated heterocycles. The highest BCUT2D eigenvalue weighted by Gasteiger charge is 2.58. The van der Waals surface area contributed by atoms with Gasteiger partial charge in [-0.2, -0.15) is 0 Å². The third-order valence-corrected chi connectivity index (χ3v) is 5.44. The van der Waals surface area contributed by atoms with E-state index in [1.54, 1.807) is 5.56 Å². The lowest BCUT2D eigenvalue weighted by molar-refractivity contribution is 0.250. The first-order valence-electron chi connectivity index (χ1n) is 8.31. The second kappa shape index (κ2) is 5.18. The van der Waals surface area contributed by atoms with Crippen LogP contribution < -0.4 is 5.32 Å². The molecule has 20 heavy (non-hydrogen) atoms. The van der Waals surface area contributed by atoms with Crippen LogP contribution in [0.4, 0.5) is 0 Å². The predicted octanol–water partition coefficient (Wildman–Crippen LogP) is 4.74. The molecule has 1 nitrogen and oxygen atoms in total. The van der Waals surface area contributed by atoms with Crippen molar-refractivity contribution in [3.63, 3.8) is 0 Å². The zero-order chi connectivity index (χ0) is 14.2. The van der Waals surface area contributed by atoms with Crippen molar-refractivity contribution < 1.29 is 0 Å². The molecule has 1 heteroatoms. The molecule has 1 aromatic rings. The van der Waals surface area contributed by atoms with Crippen LogP contribution in [0.5, 0.6) is 0 Å². The lowest BCUT2D eigenvalue weighted by Gasteiger charge is -2.34. The van der Waals surface area contributed by atoms with Crippen LogP contribution in [0.15, 0.2) is 30.3 Å². The van der Waals surface area contributed by atoms with Crippen LogP contribution in [0.2, 0.25) is 0 Å². The van der Waals surface area contributed by atoms with Crippen molar-refractivity contribution in [2.45, 2.75) is 64.3 Å². The molecular formula is C19H29N. The van der Waals surface area contributed by atoms with Crippen molar-refractivity contribution in [1.82, 2.24) is 5.32 Å². The normalized spacial score (nSPS) is 33.4. The quantitative estimate of drug-likeness (QED) is 0.837. The van der Waals surface area contributed by atoms with E-state index in [4.69, 9.17) is 0 Å². The molecule has 2 fully saturated rings. The summed E-state index contributed by atoms with van der Waals surface area (Å²) in [6, 6.07) is 11.3. The van der Waals surface area contributed by atoms with Crippen molar-refractivity contribution in [3.8, 4) is 0 Å². The minimum atomic E-state index is 0.251. The Labute approximate surface area is 124 Å². The number of benzene rings is 1. The first kappa shape index (κ1) is 14.1. The van der Waals surface area contributed by atoms with E-state index in [2.05, 4.69) is 56.4 Å². The van der Waals surface area contributed by atoms with Gasteiger partial charge in [0.05, 0.1) is 0 Å². The Morgan fingerprint density at radius 1 is 1.15 bits per heavy atom. The molecule has 3 unspecified atom stereocenters. The summed E-state index contributed by atoms with van der Waals surface area (Å²) in [5.74, 6) is 1.71. The van der Waals surface area contributed by atoms with Gasteiger partial charge in [-0.05, 0) is 69.4 Å². The average Bonchev–Trinajstić information content (AvgIpc) is 3.11. The lowest BCUT2D eigenvalue weighted by Crippen LogP contribution is -2.38. The van der Waals surface area contributed by atoms with Gasteiger partial charge in [-0.3, -0.25) is 0 Å². The first-order chi connectivity index (χ1) is 9.51. The monoisotopic (exact) mass is 271 g/mol. The molecule has 2 saturated carbocycles. The Bertz CT molecular complexity index is 445. The van der Waals surface area contributed by atoms with Crippen molar-refractivity contribution >= 4 is 0 Å². The molecule has 0 bridgehead atoms. The second-order valence-electron chi connectivity index (χ2n) is 7.97. The maximum absolute atomic E-state index is 3.73. The molecule has 3 rings (SSSR count). The van der Waals surface area contributed by atoms with Crippen LogP contribution in [0.3, 0.4) is 0 Å². The lowest BCUT2D eigenvalue weighted by atomic mass is 9.71. The Morgan fingerprint density at radius 2 is 1.90 bits per heavy atom. The number of hydrogen-bond acceptors (Lipinski definition) is 1. The summed E-state index contributed by atoms with van der Waals surface area (Å²) in [7, 11) is 0. The molecule has 3 atom stereocenters. The molecule has 1 aromatic carbocycles. The van der Waals surface area contributed by atoms with E-state index in [1.807, 2.05) is 0 Å². The maximum atomic E-state index is 3.73. The van der Waals surface area contributed by atoms with Crippen LogP contribution in [-0.4, -0.2) is 12.1 Å². The van der Waals surface area contributed by atoms with Gasteiger partial charge in [0, 0.05) is 5.54 Å². The zero-order valence-electron chi connectivity index (χ0n) is 13.3. The molecule has 110 valence electrons. The predicted molar refractivity (Wildman–Crippen MR) is 85.9 cm³/mol. The summed E-state index contributed by atoms with van der Waals surface area (Å²) >= 11 is 0. The van der Waals surface area contributed by atoms with Crippen LogP contribution in [0, 0.1) is 11.3 Å². The highest BCUT2D eigenvalue weighted by atomic mass is 15.0. The van der Waals surface area contributed by atoms with Gasteiger partial charge in [0.1, 0.15) is 0 Å². The van der Waals surface area contributed by atoms with Crippen LogP contribution in [-0.2, 0) is 0 Å². The average molecular weight is 271 g/mol. The standard InChI is InChI=1S/C19H29N/c1-18(2,3)20-14-16-13-19(16)12-8-7-11-17(19)15-9-5-4-6-10-15/h4-6,9-10,16-17,20H,7-8,11-14H2,1-3H3. The van der Waals surface area contributed by atoms with Gasteiger partial charge in [0.25, 0.3) is 0 Å². The molecule has 0 heterocycles. The van der Waals surface area contributed by atoms with Gasteiger partial charge < -0.3 is 5.32 Å². The van der Waals surface area contributed by atoms with Gasteiger partial charge in [0.2, 0.25) is 0 Å². The molecule has 0 aliphatic heterocycles. The number of hydrogen-bond donors (Lipinski definition) is 1. The molecule has 1 spiro atoms. The van der Waals surface area contributed by atoms with Gasteiger partial charge in [-0.25, -0.2) is 0 Å². The third-order valence-electron chi connectivity index (χ3n) is 5.44. The SMILES string of the molecule is CC(C)(C)NCC1CC12CCCCC2c1ccccc1. The van der Waals surface area contributed by atoms with E-state index in [0.717, 1.165) is 11.8 Å². The molecule has 0 amide bonds. The summed E-state index contributed by atoms with van der Waals surface area (Å²) in [6.07, 6.45) is 7.14. The van der Waals surface area contributed by atoms with E-state index in [0.29, 0.717) is 5.41 Å². The fraction of sp³-hybridized carbons (Fsp3) is 0.684. The first-order valence-corrected chi connectivity index (χ1v) is 8.31. The van der Waals surface area contributed by atoms with E-state index in [1.165, 1.54) is 38.6 Å². The second-order valence-corrected chi connectivity index (χ2v) is 7.97. The molecule has 1 N–H and O–H groups in total. The number of rotatable bonds is 3. The number of nitrogens with one attached hydrogen (secondary N) is 1. The molecule has 2 aliphatic carbocycles. The minimum absolute atomic E-state index is 0.251. The molecule has 0 radical (unpaired) electrons. The van der Waals surface area contributed by atoms with Gasteiger partial charge in [-0.1, -0.05) is 43.2 Å². The van der Waals surface area contributed by atoms with Gasteiger partial charge in [-0.15, -0.1) is 0 Å². The van der Waals surface area contributed by atoms with Gasteiger partial charge >= 0.3 is 0 Å². The molecular weight excluding hydrogens is 242 g/mol. The summed E-state index contributed by atoms with van der Waals surface area (Å²) in [5.41, 5.74) is 2.46. The highest BCUT2D eigenvalue weighted by Crippen LogP contribution is 2.67. The molecule has 2 aliphatic rings. The van der Waals surface area contributed by atoms with Crippen molar-refractivity contribution in [2.24, 2.45) is 11.3 Å². The zero-order valence-corrected chi connectivity index (χ0v) is 13.3. The maximum Gasteiger partial charge on any atom is 0.00966 e. The van der Waals surface area contributed by atoms with Crippen LogP contribution in [0.1, 0.15) is 64.4 Å². The summed E-state index contributed by atoms with van der Waals surface area (Å²) in [6.45, 7) is 8.03. The topological polar surface area (TPSA) is 12.0 Å². The van der Waals surface area contributed by atoms with Crippen molar-refractivity contribution in [2.75, 3.05) is 6.54 Å². The Balaban J connectivity index is 1.71. The largest absolute Gasteiger partial charge is 0.312 e. The Hall–Kier alpha value is -0.820. The van der Waals surface area contributed by atoms with Crippen LogP contribution in [0.25, 0.3) is 0 Å².